The summed E-state index contributed by atoms with van der Waals surface area (Å²) in [6, 6.07) is 11.0. The summed E-state index contributed by atoms with van der Waals surface area (Å²) < 4.78 is 12.3. The van der Waals surface area contributed by atoms with Crippen molar-refractivity contribution in [3.63, 3.8) is 0 Å². The second-order valence-electron chi connectivity index (χ2n) is 6.91. The average Bonchev–Trinajstić information content (AvgIpc) is 3.08. The topological polar surface area (TPSA) is 85.2 Å². The van der Waals surface area contributed by atoms with Crippen molar-refractivity contribution >= 4 is 78.2 Å². The zero-order chi connectivity index (χ0) is 24.8. The van der Waals surface area contributed by atoms with Gasteiger partial charge in [0.15, 0.2) is 0 Å². The van der Waals surface area contributed by atoms with Crippen molar-refractivity contribution in [1.82, 2.24) is 0 Å². The fourth-order valence-electron chi connectivity index (χ4n) is 2.90. The van der Waals surface area contributed by atoms with Gasteiger partial charge in [0.2, 0.25) is 5.91 Å². The van der Waals surface area contributed by atoms with Crippen molar-refractivity contribution in [3.8, 4) is 5.75 Å². The van der Waals surface area contributed by atoms with Crippen LogP contribution in [0, 0.1) is 0 Å². The summed E-state index contributed by atoms with van der Waals surface area (Å²) in [5, 5.41) is 11.5. The number of hydrogen-bond donors (Lipinski definition) is 1. The van der Waals surface area contributed by atoms with E-state index in [-0.39, 0.29) is 36.0 Å². The zero-order valence-electron chi connectivity index (χ0n) is 18.2. The molecule has 0 bridgehead atoms. The minimum absolute atomic E-state index is 0.113. The van der Waals surface area contributed by atoms with Crippen molar-refractivity contribution < 1.29 is 24.2 Å². The Balaban J connectivity index is 1.91. The smallest absolute Gasteiger partial charge is 0.344 e. The van der Waals surface area contributed by atoms with E-state index in [1.54, 1.807) is 26.0 Å². The van der Waals surface area contributed by atoms with E-state index in [9.17, 15) is 14.7 Å². The van der Waals surface area contributed by atoms with Crippen LogP contribution in [-0.2, 0) is 20.9 Å². The lowest BCUT2D eigenvalue weighted by Gasteiger charge is -2.12. The SMILES string of the molecule is CCOC(=O)C1=C(O)/C(=C/c2cc(Br)c(OCc3ccccc3Cl)c(Br)c2)SC1=NC(=O)CC. The molecule has 0 aromatic heterocycles. The number of hydrogen-bond acceptors (Lipinski definition) is 6. The summed E-state index contributed by atoms with van der Waals surface area (Å²) >= 11 is 14.3. The Kier molecular flexibility index (Phi) is 9.41. The molecule has 0 aliphatic carbocycles. The quantitative estimate of drug-likeness (QED) is 0.325. The molecule has 1 N–H and O–H groups in total. The van der Waals surface area contributed by atoms with Crippen LogP contribution in [0.2, 0.25) is 5.02 Å². The molecule has 1 amide bonds. The van der Waals surface area contributed by atoms with Gasteiger partial charge in [-0.25, -0.2) is 9.79 Å². The molecule has 0 radical (unpaired) electrons. The summed E-state index contributed by atoms with van der Waals surface area (Å²) in [5.74, 6) is -0.825. The molecule has 3 rings (SSSR count). The minimum atomic E-state index is -0.732. The first kappa shape index (κ1) is 26.5. The monoisotopic (exact) mass is 627 g/mol. The van der Waals surface area contributed by atoms with Gasteiger partial charge in [-0.1, -0.05) is 48.5 Å². The first-order valence-corrected chi connectivity index (χ1v) is 13.0. The van der Waals surface area contributed by atoms with Crippen LogP contribution in [0.4, 0.5) is 0 Å². The molecule has 1 heterocycles. The highest BCUT2D eigenvalue weighted by molar-refractivity contribution is 9.11. The Morgan fingerprint density at radius 2 is 1.85 bits per heavy atom. The van der Waals surface area contributed by atoms with Gasteiger partial charge < -0.3 is 14.6 Å². The number of amides is 1. The van der Waals surface area contributed by atoms with Crippen LogP contribution in [0.5, 0.6) is 5.75 Å². The summed E-state index contributed by atoms with van der Waals surface area (Å²) in [7, 11) is 0. The number of esters is 1. The Morgan fingerprint density at radius 3 is 2.47 bits per heavy atom. The average molecular weight is 630 g/mol. The second-order valence-corrected chi connectivity index (χ2v) is 10.1. The second kappa shape index (κ2) is 12.1. The molecule has 178 valence electrons. The molecule has 0 atom stereocenters. The molecule has 0 unspecified atom stereocenters. The molecule has 0 fully saturated rings. The summed E-state index contributed by atoms with van der Waals surface area (Å²) in [4.78, 5) is 28.6. The van der Waals surface area contributed by atoms with Gasteiger partial charge in [-0.15, -0.1) is 0 Å². The number of carbonyl (C=O) groups is 2. The maximum absolute atomic E-state index is 12.4. The van der Waals surface area contributed by atoms with Crippen LogP contribution in [0.15, 0.2) is 66.6 Å². The predicted octanol–water partition coefficient (Wildman–Crippen LogP) is 7.24. The molecule has 0 saturated heterocycles. The first-order chi connectivity index (χ1) is 16.2. The Morgan fingerprint density at radius 1 is 1.18 bits per heavy atom. The van der Waals surface area contributed by atoms with Crippen LogP contribution in [0.25, 0.3) is 6.08 Å². The van der Waals surface area contributed by atoms with E-state index >= 15 is 0 Å². The van der Waals surface area contributed by atoms with Gasteiger partial charge in [-0.3, -0.25) is 4.79 Å². The van der Waals surface area contributed by atoms with Gasteiger partial charge in [0.25, 0.3) is 0 Å². The molecule has 10 heteroatoms. The predicted molar refractivity (Wildman–Crippen MR) is 142 cm³/mol. The summed E-state index contributed by atoms with van der Waals surface area (Å²) in [5.41, 5.74) is 1.45. The van der Waals surface area contributed by atoms with E-state index < -0.39 is 11.9 Å². The molecular weight excluding hydrogens is 610 g/mol. The summed E-state index contributed by atoms with van der Waals surface area (Å²) in [6.45, 7) is 3.74. The number of carbonyl (C=O) groups excluding carboxylic acids is 2. The Labute approximate surface area is 223 Å². The van der Waals surface area contributed by atoms with Crippen LogP contribution in [0.1, 0.15) is 31.4 Å². The summed E-state index contributed by atoms with van der Waals surface area (Å²) in [6.07, 6.45) is 1.86. The highest BCUT2D eigenvalue weighted by Gasteiger charge is 2.33. The number of aliphatic imine (C=N–C) groups is 1. The van der Waals surface area contributed by atoms with Crippen molar-refractivity contribution in [2.24, 2.45) is 4.99 Å². The van der Waals surface area contributed by atoms with E-state index in [0.29, 0.717) is 30.2 Å². The van der Waals surface area contributed by atoms with E-state index in [4.69, 9.17) is 21.1 Å². The van der Waals surface area contributed by atoms with Crippen LogP contribution in [-0.4, -0.2) is 28.6 Å². The molecular formula is C24H20Br2ClNO5S. The molecule has 0 spiro atoms. The lowest BCUT2D eigenvalue weighted by Crippen LogP contribution is -2.14. The molecule has 2 aromatic rings. The molecule has 6 nitrogen and oxygen atoms in total. The number of aliphatic hydroxyl groups excluding tert-OH is 1. The van der Waals surface area contributed by atoms with Gasteiger partial charge in [0.05, 0.1) is 20.5 Å². The first-order valence-electron chi connectivity index (χ1n) is 10.2. The van der Waals surface area contributed by atoms with Crippen molar-refractivity contribution in [2.75, 3.05) is 6.61 Å². The fraction of sp³-hybridized carbons (Fsp3) is 0.208. The number of aliphatic hydroxyl groups is 1. The minimum Gasteiger partial charge on any atom is -0.506 e. The largest absolute Gasteiger partial charge is 0.506 e. The van der Waals surface area contributed by atoms with E-state index in [0.717, 1.165) is 17.3 Å². The number of benzene rings is 2. The normalized spacial score (nSPS) is 15.8. The fourth-order valence-corrected chi connectivity index (χ4v) is 5.57. The molecule has 1 aliphatic heterocycles. The molecule has 0 saturated carbocycles. The molecule has 1 aliphatic rings. The number of rotatable bonds is 7. The van der Waals surface area contributed by atoms with Gasteiger partial charge in [0.1, 0.15) is 28.7 Å². The lowest BCUT2D eigenvalue weighted by molar-refractivity contribution is -0.138. The number of thioether (sulfide) groups is 1. The Bertz CT molecular complexity index is 1200. The van der Waals surface area contributed by atoms with E-state index in [2.05, 4.69) is 36.9 Å². The van der Waals surface area contributed by atoms with E-state index in [1.165, 1.54) is 0 Å². The molecule has 2 aromatic carbocycles. The van der Waals surface area contributed by atoms with E-state index in [1.807, 2.05) is 30.3 Å². The highest BCUT2D eigenvalue weighted by Crippen LogP contribution is 2.41. The number of nitrogens with zero attached hydrogens (tertiary/aromatic N) is 1. The Hall–Kier alpha value is -2.07. The van der Waals surface area contributed by atoms with Gasteiger partial charge in [-0.05, 0) is 68.6 Å². The number of halogens is 3. The van der Waals surface area contributed by atoms with Crippen molar-refractivity contribution in [2.45, 2.75) is 26.9 Å². The van der Waals surface area contributed by atoms with Crippen LogP contribution < -0.4 is 4.74 Å². The molecule has 34 heavy (non-hydrogen) atoms. The van der Waals surface area contributed by atoms with Gasteiger partial charge in [0, 0.05) is 17.0 Å². The third-order valence-corrected chi connectivity index (χ3v) is 7.11. The van der Waals surface area contributed by atoms with Crippen molar-refractivity contribution in [3.05, 3.63) is 77.7 Å². The zero-order valence-corrected chi connectivity index (χ0v) is 23.0. The highest BCUT2D eigenvalue weighted by atomic mass is 79.9. The standard InChI is InChI=1S/C24H20Br2ClNO5S/c1-3-19(29)28-23-20(24(31)32-4-2)21(30)18(34-23)11-13-9-15(25)22(16(26)10-13)33-12-14-7-5-6-8-17(14)27/h5-11,30H,3-4,12H2,1-2H3/b18-11-,28-23?. The van der Waals surface area contributed by atoms with Gasteiger partial charge >= 0.3 is 5.97 Å². The van der Waals surface area contributed by atoms with Gasteiger partial charge in [-0.2, -0.15) is 0 Å². The third kappa shape index (κ3) is 6.33. The number of ether oxygens (including phenoxy) is 2. The van der Waals surface area contributed by atoms with Crippen LogP contribution in [0.3, 0.4) is 0 Å². The maximum Gasteiger partial charge on any atom is 0.344 e. The van der Waals surface area contributed by atoms with Crippen molar-refractivity contribution in [1.29, 1.82) is 0 Å². The lowest BCUT2D eigenvalue weighted by atomic mass is 10.1. The maximum atomic E-state index is 12.4. The third-order valence-electron chi connectivity index (χ3n) is 4.55. The van der Waals surface area contributed by atoms with Crippen LogP contribution >= 0.6 is 55.2 Å².